The molecular weight excluding hydrogens is 494 g/mol. The van der Waals surface area contributed by atoms with Gasteiger partial charge < -0.3 is 15.5 Å². The van der Waals surface area contributed by atoms with Crippen LogP contribution < -0.4 is 5.32 Å². The summed E-state index contributed by atoms with van der Waals surface area (Å²) < 4.78 is 0. The molecule has 0 radical (unpaired) electrons. The minimum absolute atomic E-state index is 0.0745. The Kier molecular flexibility index (Phi) is 31.5. The third kappa shape index (κ3) is 28.4. The molecule has 0 saturated heterocycles. The van der Waals surface area contributed by atoms with Gasteiger partial charge in [-0.15, -0.1) is 0 Å². The third-order valence-corrected chi connectivity index (χ3v) is 7.93. The Balaban J connectivity index is 3.65. The first-order chi connectivity index (χ1) is 19.7. The van der Waals surface area contributed by atoms with Crippen molar-refractivity contribution in [2.75, 3.05) is 6.61 Å². The van der Waals surface area contributed by atoms with E-state index >= 15 is 0 Å². The van der Waals surface area contributed by atoms with Gasteiger partial charge in [-0.25, -0.2) is 0 Å². The van der Waals surface area contributed by atoms with Crippen LogP contribution in [0.25, 0.3) is 0 Å². The minimum Gasteiger partial charge on any atom is -0.394 e. The van der Waals surface area contributed by atoms with Crippen molar-refractivity contribution in [2.45, 2.75) is 193 Å². The SMILES string of the molecule is CCCCCCCC/C=C/CCCCCCCC(=O)N[C@@H](CO)C(O)/C=C/CCCCCCCCCCCCC. The summed E-state index contributed by atoms with van der Waals surface area (Å²) in [4.78, 5) is 12.3. The average Bonchev–Trinajstić information content (AvgIpc) is 2.96. The average molecular weight is 564 g/mol. The molecule has 0 bridgehead atoms. The van der Waals surface area contributed by atoms with Crippen molar-refractivity contribution in [1.82, 2.24) is 5.32 Å². The fourth-order valence-corrected chi connectivity index (χ4v) is 5.17. The highest BCUT2D eigenvalue weighted by Crippen LogP contribution is 2.13. The molecule has 0 saturated carbocycles. The summed E-state index contributed by atoms with van der Waals surface area (Å²) in [6.45, 7) is 4.28. The van der Waals surface area contributed by atoms with E-state index in [0.29, 0.717) is 6.42 Å². The number of carbonyl (C=O) groups excluding carboxylic acids is 1. The van der Waals surface area contributed by atoms with Crippen LogP contribution in [0.3, 0.4) is 0 Å². The van der Waals surface area contributed by atoms with E-state index in [0.717, 1.165) is 32.1 Å². The lowest BCUT2D eigenvalue weighted by Crippen LogP contribution is -2.45. The van der Waals surface area contributed by atoms with Gasteiger partial charge in [0.05, 0.1) is 18.8 Å². The first-order valence-corrected chi connectivity index (χ1v) is 17.6. The molecule has 1 amide bonds. The number of aliphatic hydroxyl groups excluding tert-OH is 2. The molecule has 2 atom stereocenters. The van der Waals surface area contributed by atoms with E-state index in [1.54, 1.807) is 6.08 Å². The van der Waals surface area contributed by atoms with Crippen LogP contribution >= 0.6 is 0 Å². The number of unbranched alkanes of at least 4 members (excludes halogenated alkanes) is 22. The number of nitrogens with one attached hydrogen (secondary N) is 1. The second kappa shape index (κ2) is 32.4. The van der Waals surface area contributed by atoms with Gasteiger partial charge in [0.1, 0.15) is 0 Å². The molecule has 0 heterocycles. The van der Waals surface area contributed by atoms with Crippen molar-refractivity contribution in [2.24, 2.45) is 0 Å². The monoisotopic (exact) mass is 564 g/mol. The number of rotatable bonds is 31. The lowest BCUT2D eigenvalue weighted by atomic mass is 10.0. The topological polar surface area (TPSA) is 69.6 Å². The van der Waals surface area contributed by atoms with Gasteiger partial charge in [0, 0.05) is 6.42 Å². The van der Waals surface area contributed by atoms with Crippen LogP contribution in [0, 0.1) is 0 Å². The summed E-state index contributed by atoms with van der Waals surface area (Å²) in [6, 6.07) is -0.621. The van der Waals surface area contributed by atoms with E-state index < -0.39 is 12.1 Å². The molecule has 4 nitrogen and oxygen atoms in total. The van der Waals surface area contributed by atoms with Gasteiger partial charge in [-0.05, 0) is 44.9 Å². The Bertz CT molecular complexity index is 574. The molecule has 0 aromatic carbocycles. The fraction of sp³-hybridized carbons (Fsp3) is 0.861. The molecule has 3 N–H and O–H groups in total. The Morgan fingerprint density at radius 1 is 0.575 bits per heavy atom. The summed E-state index contributed by atoms with van der Waals surface area (Å²) >= 11 is 0. The van der Waals surface area contributed by atoms with Crippen LogP contribution in [0.15, 0.2) is 24.3 Å². The summed E-state index contributed by atoms with van der Waals surface area (Å²) in [5, 5.41) is 22.8. The van der Waals surface area contributed by atoms with Crippen LogP contribution in [0.1, 0.15) is 181 Å². The second-order valence-electron chi connectivity index (χ2n) is 11.9. The van der Waals surface area contributed by atoms with Crippen molar-refractivity contribution in [3.8, 4) is 0 Å². The third-order valence-electron chi connectivity index (χ3n) is 7.93. The molecule has 40 heavy (non-hydrogen) atoms. The highest BCUT2D eigenvalue weighted by Gasteiger charge is 2.17. The zero-order valence-electron chi connectivity index (χ0n) is 26.9. The predicted molar refractivity (Wildman–Crippen MR) is 175 cm³/mol. The van der Waals surface area contributed by atoms with Crippen molar-refractivity contribution in [3.63, 3.8) is 0 Å². The van der Waals surface area contributed by atoms with Gasteiger partial charge in [-0.3, -0.25) is 4.79 Å². The van der Waals surface area contributed by atoms with E-state index in [1.807, 2.05) is 6.08 Å². The molecule has 0 rings (SSSR count). The van der Waals surface area contributed by atoms with E-state index in [4.69, 9.17) is 0 Å². The van der Waals surface area contributed by atoms with Crippen molar-refractivity contribution in [1.29, 1.82) is 0 Å². The molecular formula is C36H69NO3. The highest BCUT2D eigenvalue weighted by atomic mass is 16.3. The minimum atomic E-state index is -0.837. The van der Waals surface area contributed by atoms with Crippen LogP contribution in [0.5, 0.6) is 0 Å². The van der Waals surface area contributed by atoms with Gasteiger partial charge in [0.25, 0.3) is 0 Å². The Labute approximate surface area is 249 Å². The molecule has 0 spiro atoms. The van der Waals surface area contributed by atoms with Crippen molar-refractivity contribution >= 4 is 5.91 Å². The van der Waals surface area contributed by atoms with Gasteiger partial charge in [0.15, 0.2) is 0 Å². The maximum absolute atomic E-state index is 12.3. The van der Waals surface area contributed by atoms with Crippen LogP contribution in [0.2, 0.25) is 0 Å². The van der Waals surface area contributed by atoms with Crippen LogP contribution in [-0.2, 0) is 4.79 Å². The zero-order chi connectivity index (χ0) is 29.4. The summed E-state index contributed by atoms with van der Waals surface area (Å²) in [5.74, 6) is -0.0745. The van der Waals surface area contributed by atoms with Gasteiger partial charge >= 0.3 is 0 Å². The first-order valence-electron chi connectivity index (χ1n) is 17.6. The lowest BCUT2D eigenvalue weighted by Gasteiger charge is -2.20. The molecule has 236 valence electrons. The fourth-order valence-electron chi connectivity index (χ4n) is 5.17. The number of allylic oxidation sites excluding steroid dienone is 3. The number of carbonyl (C=O) groups is 1. The Hall–Kier alpha value is -1.13. The van der Waals surface area contributed by atoms with E-state index in [2.05, 4.69) is 31.3 Å². The Morgan fingerprint density at radius 3 is 1.38 bits per heavy atom. The molecule has 0 aliphatic heterocycles. The molecule has 0 fully saturated rings. The largest absolute Gasteiger partial charge is 0.394 e. The number of hydrogen-bond donors (Lipinski definition) is 3. The lowest BCUT2D eigenvalue weighted by molar-refractivity contribution is -0.123. The van der Waals surface area contributed by atoms with E-state index in [1.165, 1.54) is 128 Å². The smallest absolute Gasteiger partial charge is 0.220 e. The van der Waals surface area contributed by atoms with Crippen molar-refractivity contribution < 1.29 is 15.0 Å². The highest BCUT2D eigenvalue weighted by molar-refractivity contribution is 5.76. The van der Waals surface area contributed by atoms with E-state index in [-0.39, 0.29) is 12.5 Å². The standard InChI is InChI=1S/C36H69NO3/c1-3-5-7-9-11-13-15-17-18-20-22-24-26-28-30-32-36(40)37-34(33-38)35(39)31-29-27-25-23-21-19-16-14-12-10-8-6-4-2/h17-18,29,31,34-35,38-39H,3-16,19-28,30,32-33H2,1-2H3,(H,37,40)/b18-17+,31-29+/t34-,35?/m0/s1. The van der Waals surface area contributed by atoms with Gasteiger partial charge in [-0.1, -0.05) is 154 Å². The van der Waals surface area contributed by atoms with Crippen LogP contribution in [0.4, 0.5) is 0 Å². The van der Waals surface area contributed by atoms with Crippen molar-refractivity contribution in [3.05, 3.63) is 24.3 Å². The number of aliphatic hydroxyl groups is 2. The number of hydrogen-bond acceptors (Lipinski definition) is 3. The molecule has 4 heteroatoms. The normalized spacial score (nSPS) is 13.4. The van der Waals surface area contributed by atoms with Crippen LogP contribution in [-0.4, -0.2) is 34.9 Å². The molecule has 0 aromatic rings. The van der Waals surface area contributed by atoms with Gasteiger partial charge in [-0.2, -0.15) is 0 Å². The van der Waals surface area contributed by atoms with E-state index in [9.17, 15) is 15.0 Å². The summed E-state index contributed by atoms with van der Waals surface area (Å²) in [7, 11) is 0. The number of amides is 1. The maximum atomic E-state index is 12.3. The predicted octanol–water partition coefficient (Wildman–Crippen LogP) is 10.1. The summed E-state index contributed by atoms with van der Waals surface area (Å²) in [6.07, 6.45) is 39.7. The summed E-state index contributed by atoms with van der Waals surface area (Å²) in [5.41, 5.74) is 0. The molecule has 1 unspecified atom stereocenters. The second-order valence-corrected chi connectivity index (χ2v) is 11.9. The maximum Gasteiger partial charge on any atom is 0.220 e. The quantitative estimate of drug-likeness (QED) is 0.0580. The molecule has 0 aliphatic carbocycles. The molecule has 0 aliphatic rings. The van der Waals surface area contributed by atoms with Gasteiger partial charge in [0.2, 0.25) is 5.91 Å². The zero-order valence-corrected chi connectivity index (χ0v) is 26.9. The molecule has 0 aromatic heterocycles. The first kappa shape index (κ1) is 38.9. The Morgan fingerprint density at radius 2 is 0.950 bits per heavy atom.